The Morgan fingerprint density at radius 2 is 2.31 bits per heavy atom. The third kappa shape index (κ3) is 2.57. The van der Waals surface area contributed by atoms with Crippen LogP contribution in [0, 0.1) is 15.9 Å². The van der Waals surface area contributed by atoms with Gasteiger partial charge in [-0.25, -0.2) is 0 Å². The number of aliphatic hydroxyl groups is 1. The van der Waals surface area contributed by atoms with Gasteiger partial charge in [0, 0.05) is 18.7 Å². The van der Waals surface area contributed by atoms with Crippen LogP contribution < -0.4 is 10.1 Å². The number of hydrogen-bond acceptors (Lipinski definition) is 5. The molecule has 1 rings (SSSR count). The van der Waals surface area contributed by atoms with E-state index in [-0.39, 0.29) is 24.6 Å². The fourth-order valence-electron chi connectivity index (χ4n) is 1.20. The lowest BCUT2D eigenvalue weighted by molar-refractivity contribution is -0.386. The molecule has 0 amide bonds. The lowest BCUT2D eigenvalue weighted by atomic mass is 10.2. The highest BCUT2D eigenvalue weighted by Crippen LogP contribution is 2.32. The molecule has 16 heavy (non-hydrogen) atoms. The number of nitrogens with zero attached hydrogens (tertiary/aromatic N) is 1. The first-order valence-electron chi connectivity index (χ1n) is 4.46. The molecular weight excluding hydrogens is 219 g/mol. The van der Waals surface area contributed by atoms with E-state index in [9.17, 15) is 14.5 Å². The van der Waals surface area contributed by atoms with E-state index in [1.54, 1.807) is 0 Å². The van der Waals surface area contributed by atoms with Gasteiger partial charge in [0.15, 0.2) is 0 Å². The van der Waals surface area contributed by atoms with Crippen LogP contribution in [-0.2, 0) is 0 Å². The molecule has 0 saturated carbocycles. The van der Waals surface area contributed by atoms with E-state index < -0.39 is 16.4 Å². The summed E-state index contributed by atoms with van der Waals surface area (Å²) in [6.07, 6.45) is 0. The van der Waals surface area contributed by atoms with Crippen molar-refractivity contribution in [3.05, 3.63) is 28.1 Å². The molecular formula is C9H11FN2O4. The summed E-state index contributed by atoms with van der Waals surface area (Å²) >= 11 is 0. The fourth-order valence-corrected chi connectivity index (χ4v) is 1.20. The number of nitrogens with one attached hydrogen (secondary N) is 1. The molecule has 7 heteroatoms. The Morgan fingerprint density at radius 1 is 1.62 bits per heavy atom. The van der Waals surface area contributed by atoms with Gasteiger partial charge in [-0.15, -0.1) is 0 Å². The van der Waals surface area contributed by atoms with Crippen molar-refractivity contribution in [2.45, 2.75) is 0 Å². The largest absolute Gasteiger partial charge is 0.497 e. The molecule has 0 heterocycles. The van der Waals surface area contributed by atoms with Crippen LogP contribution in [0.1, 0.15) is 0 Å². The van der Waals surface area contributed by atoms with Crippen molar-refractivity contribution in [1.82, 2.24) is 0 Å². The molecule has 0 radical (unpaired) electrons. The average Bonchev–Trinajstić information content (AvgIpc) is 2.24. The molecule has 88 valence electrons. The predicted octanol–water partition coefficient (Wildman–Crippen LogP) is 1.15. The van der Waals surface area contributed by atoms with Crippen molar-refractivity contribution in [3.8, 4) is 5.75 Å². The number of benzene rings is 1. The van der Waals surface area contributed by atoms with E-state index in [1.807, 2.05) is 0 Å². The van der Waals surface area contributed by atoms with Gasteiger partial charge < -0.3 is 15.2 Å². The fraction of sp³-hybridized carbons (Fsp3) is 0.333. The molecule has 2 N–H and O–H groups in total. The molecule has 0 aromatic heterocycles. The first-order valence-corrected chi connectivity index (χ1v) is 4.46. The van der Waals surface area contributed by atoms with Gasteiger partial charge in [-0.05, 0) is 0 Å². The van der Waals surface area contributed by atoms with Crippen LogP contribution in [0.3, 0.4) is 0 Å². The Labute approximate surface area is 90.8 Å². The van der Waals surface area contributed by atoms with Gasteiger partial charge in [0.1, 0.15) is 11.4 Å². The first-order chi connectivity index (χ1) is 7.60. The normalized spacial score (nSPS) is 9.94. The minimum absolute atomic E-state index is 0.0177. The van der Waals surface area contributed by atoms with Crippen LogP contribution in [0.2, 0.25) is 0 Å². The van der Waals surface area contributed by atoms with Gasteiger partial charge in [-0.1, -0.05) is 0 Å². The zero-order valence-electron chi connectivity index (χ0n) is 8.57. The molecule has 0 spiro atoms. The van der Waals surface area contributed by atoms with E-state index in [2.05, 4.69) is 5.32 Å². The molecule has 1 aromatic rings. The maximum absolute atomic E-state index is 13.4. The highest BCUT2D eigenvalue weighted by molar-refractivity contribution is 5.65. The van der Waals surface area contributed by atoms with Gasteiger partial charge in [-0.3, -0.25) is 10.1 Å². The molecule has 0 atom stereocenters. The minimum atomic E-state index is -0.982. The summed E-state index contributed by atoms with van der Waals surface area (Å²) in [6.45, 7) is -0.122. The van der Waals surface area contributed by atoms with Crippen LogP contribution in [0.25, 0.3) is 0 Å². The summed E-state index contributed by atoms with van der Waals surface area (Å²) in [6, 6.07) is 2.24. The second-order valence-electron chi connectivity index (χ2n) is 2.91. The third-order valence-corrected chi connectivity index (χ3v) is 1.88. The Kier molecular flexibility index (Phi) is 4.01. The lowest BCUT2D eigenvalue weighted by Crippen LogP contribution is -2.08. The van der Waals surface area contributed by atoms with Gasteiger partial charge in [-0.2, -0.15) is 4.39 Å². The Balaban J connectivity index is 3.17. The zero-order chi connectivity index (χ0) is 12.1. The maximum Gasteiger partial charge on any atom is 0.327 e. The summed E-state index contributed by atoms with van der Waals surface area (Å²) < 4.78 is 18.1. The van der Waals surface area contributed by atoms with Crippen molar-refractivity contribution < 1.29 is 19.2 Å². The number of rotatable bonds is 5. The molecule has 0 aliphatic carbocycles. The Morgan fingerprint density at radius 3 is 2.81 bits per heavy atom. The third-order valence-electron chi connectivity index (χ3n) is 1.88. The van der Waals surface area contributed by atoms with Gasteiger partial charge in [0.05, 0.1) is 18.6 Å². The lowest BCUT2D eigenvalue weighted by Gasteiger charge is -2.08. The number of nitro groups is 1. The number of halogens is 1. The molecule has 0 saturated heterocycles. The standard InChI is InChI=1S/C9H11FN2O4/c1-16-6-4-7(10)9(12(14)15)8(5-6)11-2-3-13/h4-5,11,13H,2-3H2,1H3. The van der Waals surface area contributed by atoms with E-state index in [1.165, 1.54) is 13.2 Å². The van der Waals surface area contributed by atoms with E-state index >= 15 is 0 Å². The second kappa shape index (κ2) is 5.26. The molecule has 1 aromatic carbocycles. The molecule has 0 fully saturated rings. The summed E-state index contributed by atoms with van der Waals surface area (Å²) in [5.74, 6) is -0.812. The SMILES string of the molecule is COc1cc(F)c([N+](=O)[O-])c(NCCO)c1. The minimum Gasteiger partial charge on any atom is -0.497 e. The van der Waals surface area contributed by atoms with Crippen molar-refractivity contribution >= 4 is 11.4 Å². The van der Waals surface area contributed by atoms with Crippen molar-refractivity contribution in [2.75, 3.05) is 25.6 Å². The number of ether oxygens (including phenoxy) is 1. The van der Waals surface area contributed by atoms with Gasteiger partial charge >= 0.3 is 5.69 Å². The summed E-state index contributed by atoms with van der Waals surface area (Å²) in [5.41, 5.74) is -0.676. The van der Waals surface area contributed by atoms with E-state index in [0.29, 0.717) is 0 Å². The molecule has 0 unspecified atom stereocenters. The van der Waals surface area contributed by atoms with E-state index in [0.717, 1.165) is 6.07 Å². The quantitative estimate of drug-likeness (QED) is 0.585. The number of nitro benzene ring substituents is 1. The summed E-state index contributed by atoms with van der Waals surface area (Å²) in [4.78, 5) is 9.80. The Hall–Kier alpha value is -1.89. The summed E-state index contributed by atoms with van der Waals surface area (Å²) in [7, 11) is 1.33. The van der Waals surface area contributed by atoms with E-state index in [4.69, 9.17) is 9.84 Å². The monoisotopic (exact) mass is 230 g/mol. The smallest absolute Gasteiger partial charge is 0.327 e. The average molecular weight is 230 g/mol. The zero-order valence-corrected chi connectivity index (χ0v) is 8.57. The van der Waals surface area contributed by atoms with Gasteiger partial charge in [0.2, 0.25) is 5.82 Å². The number of anilines is 1. The Bertz CT molecular complexity index is 397. The maximum atomic E-state index is 13.4. The predicted molar refractivity (Wildman–Crippen MR) is 55.2 cm³/mol. The van der Waals surface area contributed by atoms with Crippen molar-refractivity contribution in [3.63, 3.8) is 0 Å². The highest BCUT2D eigenvalue weighted by Gasteiger charge is 2.21. The molecule has 0 bridgehead atoms. The second-order valence-corrected chi connectivity index (χ2v) is 2.91. The van der Waals surface area contributed by atoms with Crippen LogP contribution in [0.4, 0.5) is 15.8 Å². The van der Waals surface area contributed by atoms with Crippen molar-refractivity contribution in [2.24, 2.45) is 0 Å². The van der Waals surface area contributed by atoms with Gasteiger partial charge in [0.25, 0.3) is 0 Å². The first kappa shape index (κ1) is 12.2. The topological polar surface area (TPSA) is 84.6 Å². The van der Waals surface area contributed by atoms with Crippen LogP contribution in [0.5, 0.6) is 5.75 Å². The number of aliphatic hydroxyl groups excluding tert-OH is 1. The molecule has 0 aliphatic rings. The molecule has 0 aliphatic heterocycles. The van der Waals surface area contributed by atoms with Crippen LogP contribution >= 0.6 is 0 Å². The van der Waals surface area contributed by atoms with Crippen LogP contribution in [0.15, 0.2) is 12.1 Å². The number of methoxy groups -OCH3 is 1. The van der Waals surface area contributed by atoms with Crippen molar-refractivity contribution in [1.29, 1.82) is 0 Å². The van der Waals surface area contributed by atoms with Crippen LogP contribution in [-0.4, -0.2) is 30.3 Å². The summed E-state index contributed by atoms with van der Waals surface area (Å²) in [5, 5.41) is 21.8. The number of hydrogen-bond donors (Lipinski definition) is 2. The molecule has 6 nitrogen and oxygen atoms in total. The highest BCUT2D eigenvalue weighted by atomic mass is 19.1.